The molecule has 1 amide bonds. The van der Waals surface area contributed by atoms with Gasteiger partial charge in [0.05, 0.1) is 18.4 Å². The summed E-state index contributed by atoms with van der Waals surface area (Å²) in [6.07, 6.45) is -1.05. The van der Waals surface area contributed by atoms with Gasteiger partial charge in [0, 0.05) is 30.6 Å². The van der Waals surface area contributed by atoms with Crippen LogP contribution < -0.4 is 10.2 Å². The van der Waals surface area contributed by atoms with Crippen molar-refractivity contribution in [2.24, 2.45) is 0 Å². The highest BCUT2D eigenvalue weighted by molar-refractivity contribution is 6.08. The molecule has 6 heteroatoms. The number of amides is 1. The average molecular weight is 351 g/mol. The summed E-state index contributed by atoms with van der Waals surface area (Å²) in [4.78, 5) is 14.6. The minimum atomic E-state index is -1.05. The van der Waals surface area contributed by atoms with Gasteiger partial charge in [-0.15, -0.1) is 0 Å². The van der Waals surface area contributed by atoms with Gasteiger partial charge in [0.1, 0.15) is 11.6 Å². The van der Waals surface area contributed by atoms with Crippen LogP contribution in [0.1, 0.15) is 12.5 Å². The maximum atomic E-state index is 12.4. The smallest absolute Gasteiger partial charge is 0.262 e. The van der Waals surface area contributed by atoms with Crippen molar-refractivity contribution < 1.29 is 15.0 Å². The highest BCUT2D eigenvalue weighted by Crippen LogP contribution is 2.38. The SMILES string of the molecule is C/C(=C(/C#N)C(=O)NCC(O)CO)c1ccc2ccccc2c1N1CC1. The first kappa shape index (κ1) is 17.9. The summed E-state index contributed by atoms with van der Waals surface area (Å²) in [6, 6.07) is 14.0. The molecule has 134 valence electrons. The zero-order chi connectivity index (χ0) is 18.7. The molecule has 3 rings (SSSR count). The summed E-state index contributed by atoms with van der Waals surface area (Å²) in [6.45, 7) is 3.10. The van der Waals surface area contributed by atoms with E-state index in [-0.39, 0.29) is 12.1 Å². The van der Waals surface area contributed by atoms with Gasteiger partial charge in [-0.2, -0.15) is 5.26 Å². The fourth-order valence-corrected chi connectivity index (χ4v) is 2.98. The normalized spacial score (nSPS) is 15.2. The minimum absolute atomic E-state index is 0.00789. The predicted octanol–water partition coefficient (Wildman–Crippen LogP) is 1.43. The van der Waals surface area contributed by atoms with Crippen LogP contribution >= 0.6 is 0 Å². The number of rotatable bonds is 6. The van der Waals surface area contributed by atoms with Crippen molar-refractivity contribution in [1.29, 1.82) is 5.26 Å². The molecular weight excluding hydrogens is 330 g/mol. The maximum Gasteiger partial charge on any atom is 0.262 e. The van der Waals surface area contributed by atoms with E-state index in [0.29, 0.717) is 5.57 Å². The number of allylic oxidation sites excluding steroid dienone is 1. The summed E-state index contributed by atoms with van der Waals surface area (Å²) in [7, 11) is 0. The second-order valence-corrected chi connectivity index (χ2v) is 6.33. The lowest BCUT2D eigenvalue weighted by atomic mass is 9.95. The molecule has 6 nitrogen and oxygen atoms in total. The third-order valence-corrected chi connectivity index (χ3v) is 4.49. The van der Waals surface area contributed by atoms with Crippen LogP contribution in [-0.4, -0.2) is 48.5 Å². The number of nitrogens with one attached hydrogen (secondary N) is 1. The molecular formula is C20H21N3O3. The lowest BCUT2D eigenvalue weighted by Crippen LogP contribution is -2.34. The molecule has 0 aliphatic carbocycles. The Labute approximate surface area is 152 Å². The van der Waals surface area contributed by atoms with E-state index >= 15 is 0 Å². The number of anilines is 1. The predicted molar refractivity (Wildman–Crippen MR) is 100 cm³/mol. The summed E-state index contributed by atoms with van der Waals surface area (Å²) in [5, 5.41) is 32.5. The number of nitrogens with zero attached hydrogens (tertiary/aromatic N) is 2. The quantitative estimate of drug-likeness (QED) is 0.416. The zero-order valence-corrected chi connectivity index (χ0v) is 14.6. The van der Waals surface area contributed by atoms with Crippen LogP contribution in [0.2, 0.25) is 0 Å². The molecule has 3 N–H and O–H groups in total. The number of hydrogen-bond donors (Lipinski definition) is 3. The van der Waals surface area contributed by atoms with Crippen molar-refractivity contribution in [2.75, 3.05) is 31.1 Å². The Hall–Kier alpha value is -2.88. The molecule has 26 heavy (non-hydrogen) atoms. The summed E-state index contributed by atoms with van der Waals surface area (Å²) >= 11 is 0. The van der Waals surface area contributed by atoms with Gasteiger partial charge in [0.25, 0.3) is 5.91 Å². The van der Waals surface area contributed by atoms with Crippen molar-refractivity contribution in [2.45, 2.75) is 13.0 Å². The highest BCUT2D eigenvalue weighted by atomic mass is 16.3. The van der Waals surface area contributed by atoms with Gasteiger partial charge in [0.2, 0.25) is 0 Å². The van der Waals surface area contributed by atoms with E-state index in [0.717, 1.165) is 35.1 Å². The topological polar surface area (TPSA) is 96.4 Å². The van der Waals surface area contributed by atoms with E-state index in [9.17, 15) is 15.2 Å². The van der Waals surface area contributed by atoms with Crippen LogP contribution in [0.4, 0.5) is 5.69 Å². The van der Waals surface area contributed by atoms with E-state index in [1.807, 2.05) is 42.5 Å². The van der Waals surface area contributed by atoms with Crippen LogP contribution in [0.5, 0.6) is 0 Å². The van der Waals surface area contributed by atoms with Crippen LogP contribution in [0, 0.1) is 11.3 Å². The Morgan fingerprint density at radius 3 is 2.69 bits per heavy atom. The molecule has 1 fully saturated rings. The molecule has 1 aliphatic rings. The Morgan fingerprint density at radius 2 is 2.04 bits per heavy atom. The Bertz CT molecular complexity index is 910. The van der Waals surface area contributed by atoms with Crippen molar-refractivity contribution in [1.82, 2.24) is 5.32 Å². The van der Waals surface area contributed by atoms with E-state index in [1.165, 1.54) is 0 Å². The first-order chi connectivity index (χ1) is 12.6. The number of aliphatic hydroxyl groups excluding tert-OH is 2. The molecule has 2 aromatic rings. The molecule has 1 saturated heterocycles. The van der Waals surface area contributed by atoms with E-state index in [4.69, 9.17) is 5.11 Å². The standard InChI is InChI=1S/C20H21N3O3/c1-13(18(10-21)20(26)22-11-15(25)12-24)16-7-6-14-4-2-3-5-17(14)19(16)23-8-9-23/h2-7,15,24-25H,8-9,11-12H2,1H3,(H,22,26)/b18-13+. The summed E-state index contributed by atoms with van der Waals surface area (Å²) < 4.78 is 0. The van der Waals surface area contributed by atoms with Crippen molar-refractivity contribution in [3.8, 4) is 6.07 Å². The molecule has 1 unspecified atom stereocenters. The number of nitriles is 1. The van der Waals surface area contributed by atoms with Crippen LogP contribution in [-0.2, 0) is 4.79 Å². The molecule has 1 aliphatic heterocycles. The summed E-state index contributed by atoms with van der Waals surface area (Å²) in [5.41, 5.74) is 2.50. The number of benzene rings is 2. The Morgan fingerprint density at radius 1 is 1.31 bits per heavy atom. The Kier molecular flexibility index (Phi) is 5.21. The molecule has 0 radical (unpaired) electrons. The lowest BCUT2D eigenvalue weighted by molar-refractivity contribution is -0.117. The largest absolute Gasteiger partial charge is 0.394 e. The molecule has 1 heterocycles. The van der Waals surface area contributed by atoms with Gasteiger partial charge in [-0.3, -0.25) is 4.79 Å². The van der Waals surface area contributed by atoms with Crippen LogP contribution in [0.25, 0.3) is 16.3 Å². The first-order valence-electron chi connectivity index (χ1n) is 8.52. The second-order valence-electron chi connectivity index (χ2n) is 6.33. The number of carbonyl (C=O) groups is 1. The van der Waals surface area contributed by atoms with Crippen LogP contribution in [0.15, 0.2) is 42.0 Å². The average Bonchev–Trinajstić information content (AvgIpc) is 3.50. The van der Waals surface area contributed by atoms with Crippen LogP contribution in [0.3, 0.4) is 0 Å². The number of hydrogen-bond acceptors (Lipinski definition) is 5. The zero-order valence-electron chi connectivity index (χ0n) is 14.6. The van der Waals surface area contributed by atoms with Gasteiger partial charge < -0.3 is 20.4 Å². The van der Waals surface area contributed by atoms with Crippen molar-refractivity contribution in [3.05, 3.63) is 47.5 Å². The lowest BCUT2D eigenvalue weighted by Gasteiger charge is -2.16. The number of aliphatic hydroxyl groups is 2. The van der Waals surface area contributed by atoms with Gasteiger partial charge in [-0.1, -0.05) is 36.4 Å². The van der Waals surface area contributed by atoms with Gasteiger partial charge in [0.15, 0.2) is 0 Å². The maximum absolute atomic E-state index is 12.4. The van der Waals surface area contributed by atoms with Gasteiger partial charge in [-0.05, 0) is 17.9 Å². The number of carbonyl (C=O) groups excluding carboxylic acids is 1. The third kappa shape index (κ3) is 3.54. The molecule has 2 aromatic carbocycles. The number of fused-ring (bicyclic) bond motifs is 1. The minimum Gasteiger partial charge on any atom is -0.394 e. The van der Waals surface area contributed by atoms with E-state index in [1.54, 1.807) is 6.92 Å². The first-order valence-corrected chi connectivity index (χ1v) is 8.52. The Balaban J connectivity index is 2.03. The molecule has 0 spiro atoms. The third-order valence-electron chi connectivity index (χ3n) is 4.49. The monoisotopic (exact) mass is 351 g/mol. The molecule has 0 bridgehead atoms. The highest BCUT2D eigenvalue weighted by Gasteiger charge is 2.25. The summed E-state index contributed by atoms with van der Waals surface area (Å²) in [5.74, 6) is -0.553. The van der Waals surface area contributed by atoms with Crippen molar-refractivity contribution >= 4 is 27.9 Å². The van der Waals surface area contributed by atoms with Crippen molar-refractivity contribution in [3.63, 3.8) is 0 Å². The van der Waals surface area contributed by atoms with E-state index < -0.39 is 18.6 Å². The second kappa shape index (κ2) is 7.56. The molecule has 0 saturated carbocycles. The fraction of sp³-hybridized carbons (Fsp3) is 0.300. The van der Waals surface area contributed by atoms with E-state index in [2.05, 4.69) is 10.2 Å². The van der Waals surface area contributed by atoms with Gasteiger partial charge in [-0.25, -0.2) is 0 Å². The fourth-order valence-electron chi connectivity index (χ4n) is 2.98. The molecule has 1 atom stereocenters. The molecule has 0 aromatic heterocycles. The van der Waals surface area contributed by atoms with Gasteiger partial charge >= 0.3 is 0 Å².